The van der Waals surface area contributed by atoms with Gasteiger partial charge in [-0.05, 0) is 68.8 Å². The van der Waals surface area contributed by atoms with Gasteiger partial charge in [-0.2, -0.15) is 10.2 Å². The summed E-state index contributed by atoms with van der Waals surface area (Å²) in [6.45, 7) is 1.62. The zero-order valence-corrected chi connectivity index (χ0v) is 18.7. The third-order valence-corrected chi connectivity index (χ3v) is 8.42. The van der Waals surface area contributed by atoms with E-state index < -0.39 is 0 Å². The number of hydrogen-bond donors (Lipinski definition) is 2. The van der Waals surface area contributed by atoms with Crippen LogP contribution in [0.15, 0.2) is 24.7 Å². The second-order valence-corrected chi connectivity index (χ2v) is 10.6. The lowest BCUT2D eigenvalue weighted by Crippen LogP contribution is -2.66. The predicted octanol–water partition coefficient (Wildman–Crippen LogP) is 3.00. The molecule has 170 valence electrons. The maximum absolute atomic E-state index is 13.6. The van der Waals surface area contributed by atoms with E-state index in [4.69, 9.17) is 0 Å². The molecule has 2 N–H and O–H groups in total. The van der Waals surface area contributed by atoms with E-state index in [1.807, 2.05) is 16.9 Å². The number of aromatic nitrogens is 4. The first-order chi connectivity index (χ1) is 15.5. The summed E-state index contributed by atoms with van der Waals surface area (Å²) in [6.07, 6.45) is 15.3. The van der Waals surface area contributed by atoms with Crippen molar-refractivity contribution in [3.63, 3.8) is 0 Å². The van der Waals surface area contributed by atoms with E-state index in [-0.39, 0.29) is 23.4 Å². The van der Waals surface area contributed by atoms with Crippen molar-refractivity contribution in [2.75, 3.05) is 0 Å². The maximum atomic E-state index is 13.6. The average molecular weight is 437 g/mol. The van der Waals surface area contributed by atoms with E-state index in [1.54, 1.807) is 24.0 Å². The van der Waals surface area contributed by atoms with Crippen LogP contribution in [0.2, 0.25) is 0 Å². The van der Waals surface area contributed by atoms with Crippen LogP contribution in [-0.4, -0.2) is 43.0 Å². The molecular weight excluding hydrogens is 404 g/mol. The molecule has 0 spiro atoms. The van der Waals surface area contributed by atoms with Crippen molar-refractivity contribution in [3.05, 3.63) is 30.2 Å². The lowest BCUT2D eigenvalue weighted by Gasteiger charge is -2.60. The number of nitrogens with one attached hydrogen (secondary N) is 2. The Morgan fingerprint density at radius 3 is 2.50 bits per heavy atom. The lowest BCUT2D eigenvalue weighted by atomic mass is 9.51. The van der Waals surface area contributed by atoms with Crippen LogP contribution in [-0.2, 0) is 4.79 Å². The molecule has 0 saturated heterocycles. The van der Waals surface area contributed by atoms with Crippen LogP contribution in [0.3, 0.4) is 0 Å². The predicted molar refractivity (Wildman–Crippen MR) is 118 cm³/mol. The summed E-state index contributed by atoms with van der Waals surface area (Å²) < 4.78 is 3.79. The van der Waals surface area contributed by atoms with Gasteiger partial charge in [0.2, 0.25) is 5.91 Å². The molecule has 2 aromatic heterocycles. The summed E-state index contributed by atoms with van der Waals surface area (Å²) in [5, 5.41) is 15.8. The fourth-order valence-corrected chi connectivity index (χ4v) is 7.57. The number of carbonyl (C=O) groups is 2. The largest absolute Gasteiger partial charge is 0.351 e. The van der Waals surface area contributed by atoms with Crippen molar-refractivity contribution in [1.82, 2.24) is 30.2 Å². The summed E-state index contributed by atoms with van der Waals surface area (Å²) in [6, 6.07) is 2.38. The Labute approximate surface area is 188 Å². The molecule has 0 aliphatic heterocycles. The molecular formula is C24H32N6O2. The van der Waals surface area contributed by atoms with Crippen molar-refractivity contribution in [1.29, 1.82) is 0 Å². The first-order valence-electron chi connectivity index (χ1n) is 12.2. The van der Waals surface area contributed by atoms with Crippen LogP contribution in [0, 0.1) is 17.8 Å². The molecule has 5 saturated carbocycles. The highest BCUT2D eigenvalue weighted by Crippen LogP contribution is 2.55. The molecule has 0 aromatic carbocycles. The van der Waals surface area contributed by atoms with Gasteiger partial charge < -0.3 is 10.6 Å². The molecule has 5 aliphatic carbocycles. The highest BCUT2D eigenvalue weighted by molar-refractivity contribution is 5.97. The number of amides is 2. The van der Waals surface area contributed by atoms with Crippen molar-refractivity contribution in [2.45, 2.75) is 82.3 Å². The minimum Gasteiger partial charge on any atom is -0.351 e. The van der Waals surface area contributed by atoms with Gasteiger partial charge in [0.15, 0.2) is 5.82 Å². The second-order valence-electron chi connectivity index (χ2n) is 10.6. The molecule has 0 radical (unpaired) electrons. The van der Waals surface area contributed by atoms with Gasteiger partial charge in [0, 0.05) is 30.9 Å². The highest BCUT2D eigenvalue weighted by Gasteiger charge is 2.56. The molecule has 2 aromatic rings. The molecule has 3 unspecified atom stereocenters. The number of carbonyl (C=O) groups excluding carboxylic acids is 2. The van der Waals surface area contributed by atoms with Crippen molar-refractivity contribution >= 4 is 11.8 Å². The molecule has 2 heterocycles. The number of hydrogen-bond acceptors (Lipinski definition) is 4. The Morgan fingerprint density at radius 2 is 1.84 bits per heavy atom. The van der Waals surface area contributed by atoms with Crippen LogP contribution >= 0.6 is 0 Å². The number of nitrogens with zero attached hydrogens (tertiary/aromatic N) is 4. The Balaban J connectivity index is 1.26. The van der Waals surface area contributed by atoms with Gasteiger partial charge in [0.1, 0.15) is 5.56 Å². The molecule has 5 fully saturated rings. The zero-order chi connectivity index (χ0) is 21.9. The lowest BCUT2D eigenvalue weighted by molar-refractivity contribution is -0.125. The Kier molecular flexibility index (Phi) is 4.66. The fraction of sp³-hybridized carbons (Fsp3) is 0.667. The molecule has 5 aliphatic rings. The zero-order valence-electron chi connectivity index (χ0n) is 18.7. The minimum atomic E-state index is -0.0584. The second kappa shape index (κ2) is 7.46. The van der Waals surface area contributed by atoms with Crippen LogP contribution in [0.1, 0.15) is 81.1 Å². The molecule has 8 nitrogen and oxygen atoms in total. The molecule has 32 heavy (non-hydrogen) atoms. The summed E-state index contributed by atoms with van der Waals surface area (Å²) in [5.74, 6) is 2.31. The van der Waals surface area contributed by atoms with Crippen LogP contribution in [0.4, 0.5) is 0 Å². The summed E-state index contributed by atoms with van der Waals surface area (Å²) in [4.78, 5) is 25.4. The minimum absolute atomic E-state index is 0.0502. The maximum Gasteiger partial charge on any atom is 0.256 e. The quantitative estimate of drug-likeness (QED) is 0.753. The Bertz CT molecular complexity index is 1010. The normalized spacial score (nSPS) is 33.5. The molecule has 2 amide bonds. The van der Waals surface area contributed by atoms with Gasteiger partial charge in [-0.15, -0.1) is 0 Å². The first-order valence-corrected chi connectivity index (χ1v) is 12.2. The summed E-state index contributed by atoms with van der Waals surface area (Å²) in [5.41, 5.74) is 0.544. The topological polar surface area (TPSA) is 93.8 Å². The molecule has 8 heteroatoms. The van der Waals surface area contributed by atoms with Gasteiger partial charge in [-0.25, -0.2) is 9.36 Å². The fourth-order valence-electron chi connectivity index (χ4n) is 7.57. The van der Waals surface area contributed by atoms with E-state index in [0.29, 0.717) is 29.4 Å². The highest BCUT2D eigenvalue weighted by atomic mass is 16.2. The summed E-state index contributed by atoms with van der Waals surface area (Å²) >= 11 is 0. The standard InChI is InChI=1S/C24H32N6O2/c1-15(31)28-24-11-16-9-17(12-24)21(18(10-16)13-24)27-22(32)20-14-26-30(19-5-2-3-6-19)23(20)29-8-4-7-25-29/h4,7-8,14,16-19,21H,2-3,5-6,9-13H2,1H3,(H,27,32)(H,28,31)/t16?,17-,18+,21?,24?. The number of rotatable bonds is 5. The van der Waals surface area contributed by atoms with Crippen LogP contribution < -0.4 is 10.6 Å². The van der Waals surface area contributed by atoms with Crippen molar-refractivity contribution < 1.29 is 9.59 Å². The first kappa shape index (κ1) is 20.0. The molecule has 7 rings (SSSR count). The third kappa shape index (κ3) is 3.26. The monoisotopic (exact) mass is 436 g/mol. The molecule has 5 atom stereocenters. The van der Waals surface area contributed by atoms with Gasteiger partial charge in [-0.3, -0.25) is 9.59 Å². The van der Waals surface area contributed by atoms with Crippen molar-refractivity contribution in [2.24, 2.45) is 17.8 Å². The van der Waals surface area contributed by atoms with E-state index in [0.717, 1.165) is 50.8 Å². The Morgan fingerprint density at radius 1 is 1.09 bits per heavy atom. The van der Waals surface area contributed by atoms with E-state index in [9.17, 15) is 9.59 Å². The van der Waals surface area contributed by atoms with Gasteiger partial charge in [-0.1, -0.05) is 12.8 Å². The SMILES string of the molecule is CC(=O)NC12CC3C[C@H](C1)C(NC(=O)c1cnn(C4CCCC4)c1-n1cccn1)[C@@H](C3)C2. The summed E-state index contributed by atoms with van der Waals surface area (Å²) in [7, 11) is 0. The van der Waals surface area contributed by atoms with E-state index in [2.05, 4.69) is 20.8 Å². The Hall–Kier alpha value is -2.64. The van der Waals surface area contributed by atoms with Crippen molar-refractivity contribution in [3.8, 4) is 5.82 Å². The average Bonchev–Trinajstić information content (AvgIpc) is 3.49. The van der Waals surface area contributed by atoms with Crippen LogP contribution in [0.5, 0.6) is 0 Å². The van der Waals surface area contributed by atoms with Crippen LogP contribution in [0.25, 0.3) is 5.82 Å². The van der Waals surface area contributed by atoms with Gasteiger partial charge >= 0.3 is 0 Å². The smallest absolute Gasteiger partial charge is 0.256 e. The molecule has 4 bridgehead atoms. The van der Waals surface area contributed by atoms with Gasteiger partial charge in [0.05, 0.1) is 12.2 Å². The van der Waals surface area contributed by atoms with Gasteiger partial charge in [0.25, 0.3) is 5.91 Å². The third-order valence-electron chi connectivity index (χ3n) is 8.42. The van der Waals surface area contributed by atoms with E-state index in [1.165, 1.54) is 12.8 Å². The van der Waals surface area contributed by atoms with E-state index >= 15 is 0 Å².